The SMILES string of the molecule is O=[C-]c1ccc(Cl)nc1C(=O)O.[Cm].[W]. The van der Waals surface area contributed by atoms with Crippen molar-refractivity contribution in [3.63, 3.8) is 0 Å². The van der Waals surface area contributed by atoms with Crippen LogP contribution >= 0.6 is 11.6 Å². The maximum atomic E-state index is 10.4. The summed E-state index contributed by atoms with van der Waals surface area (Å²) in [5.41, 5.74) is -0.482. The summed E-state index contributed by atoms with van der Waals surface area (Å²) in [4.78, 5) is 24.1. The van der Waals surface area contributed by atoms with Crippen molar-refractivity contribution in [3.8, 4) is 0 Å². The van der Waals surface area contributed by atoms with Gasteiger partial charge in [-0.05, 0) is 0 Å². The molecule has 0 atom stereocenters. The van der Waals surface area contributed by atoms with Crippen LogP contribution in [0.3, 0.4) is 0 Å². The van der Waals surface area contributed by atoms with Crippen LogP contribution in [0.1, 0.15) is 16.1 Å². The number of aromatic carboxylic acids is 1. The fourth-order valence-corrected chi connectivity index (χ4v) is 0.828. The smallest absolute Gasteiger partial charge is 0.297 e. The Morgan fingerprint density at radius 1 is 1.50 bits per heavy atom. The number of rotatable bonds is 2. The van der Waals surface area contributed by atoms with Gasteiger partial charge in [0.1, 0.15) is 5.15 Å². The molecule has 1 rings (SSSR count). The van der Waals surface area contributed by atoms with Gasteiger partial charge >= 0.3 is 0 Å². The number of aromatic nitrogens is 1. The molecule has 14 heavy (non-hydrogen) atoms. The Labute approximate surface area is 93.2 Å². The van der Waals surface area contributed by atoms with Gasteiger partial charge in [0, 0.05) is 26.8 Å². The monoisotopic (exact) mass is 611 g/mol. The average Bonchev–Trinajstić information content (AvgIpc) is 2.04. The number of hydrogen-bond acceptors (Lipinski definition) is 3. The Balaban J connectivity index is 0. The van der Waals surface area contributed by atoms with Gasteiger partial charge in [0.25, 0.3) is 5.97 Å². The van der Waals surface area contributed by atoms with Crippen LogP contribution < -0.4 is 0 Å². The van der Waals surface area contributed by atoms with E-state index in [0.29, 0.717) is 0 Å². The fourth-order valence-electron chi connectivity index (χ4n) is 0.681. The van der Waals surface area contributed by atoms with Gasteiger partial charge in [-0.15, -0.1) is 5.56 Å². The Morgan fingerprint density at radius 2 is 2.07 bits per heavy atom. The van der Waals surface area contributed by atoms with Gasteiger partial charge in [-0.2, -0.15) is 6.07 Å². The third-order valence-corrected chi connectivity index (χ3v) is 1.38. The molecular weight excluding hydrogens is 612 g/mol. The van der Waals surface area contributed by atoms with Gasteiger partial charge in [0.05, 0.1) is 6.29 Å². The molecule has 4 nitrogen and oxygen atoms in total. The van der Waals surface area contributed by atoms with Crippen LogP contribution in [0, 0.1) is 0 Å². The molecule has 1 aromatic heterocycles. The molecular formula is C7H3ClCmNO3W-. The Kier molecular flexibility index (Phi) is 6.16. The van der Waals surface area contributed by atoms with Crippen molar-refractivity contribution in [2.24, 2.45) is 0 Å². The van der Waals surface area contributed by atoms with Crippen LogP contribution in [0.5, 0.6) is 0 Å². The molecule has 1 N–H and O–H groups in total. The molecule has 0 fully saturated rings. The number of hydrogen-bond donors (Lipinski definition) is 1. The Morgan fingerprint density at radius 3 is 2.50 bits per heavy atom. The zero-order valence-corrected chi connectivity index (χ0v) is 13.1. The first kappa shape index (κ1) is 14.8. The van der Waals surface area contributed by atoms with Gasteiger partial charge < -0.3 is 9.90 Å². The van der Waals surface area contributed by atoms with E-state index in [-0.39, 0.29) is 37.5 Å². The summed E-state index contributed by atoms with van der Waals surface area (Å²) in [6, 6.07) is 2.58. The second-order valence-electron chi connectivity index (χ2n) is 1.94. The zero-order chi connectivity index (χ0) is 9.14. The second-order valence-corrected chi connectivity index (χ2v) is 2.32. The molecule has 0 radical (unpaired) electrons. The largest absolute Gasteiger partial charge is 0.486 e. The predicted molar refractivity (Wildman–Crippen MR) is 41.0 cm³/mol. The van der Waals surface area contributed by atoms with E-state index in [0.717, 1.165) is 0 Å². The van der Waals surface area contributed by atoms with Crippen molar-refractivity contribution in [2.75, 3.05) is 0 Å². The van der Waals surface area contributed by atoms with Gasteiger partial charge in [0.2, 0.25) is 0 Å². The minimum Gasteiger partial charge on any atom is -0.486 e. The van der Waals surface area contributed by atoms with E-state index in [2.05, 4.69) is 4.98 Å². The maximum Gasteiger partial charge on any atom is 0.297 e. The maximum absolute atomic E-state index is 10.4. The normalized spacial score (nSPS) is 8.07. The van der Waals surface area contributed by atoms with Gasteiger partial charge in [-0.1, -0.05) is 17.7 Å². The summed E-state index contributed by atoms with van der Waals surface area (Å²) in [5, 5.41) is 8.55. The second kappa shape index (κ2) is 5.84. The molecule has 1 heterocycles. The van der Waals surface area contributed by atoms with E-state index >= 15 is 0 Å². The van der Waals surface area contributed by atoms with Crippen molar-refractivity contribution in [2.45, 2.75) is 0 Å². The minimum absolute atomic E-state index is 0. The van der Waals surface area contributed by atoms with Crippen molar-refractivity contribution in [3.05, 3.63) is 28.5 Å². The summed E-state index contributed by atoms with van der Waals surface area (Å²) in [5.74, 6) is -1.30. The molecule has 7 heteroatoms. The molecule has 0 bridgehead atoms. The molecule has 0 saturated heterocycles. The average molecular weight is 615 g/mol. The standard InChI is InChI=1S/C7H3ClNO3.Cm.W/c8-5-2-1-4(3-10)6(9-5)7(11)12;;/h1-2H,(H,11,12);;/q-1;;. The van der Waals surface area contributed by atoms with E-state index in [4.69, 9.17) is 16.7 Å². The number of pyridine rings is 1. The topological polar surface area (TPSA) is 67.3 Å². The van der Waals surface area contributed by atoms with Crippen LogP contribution in [-0.4, -0.2) is 22.3 Å². The summed E-state index contributed by atoms with van der Waals surface area (Å²) >= 11 is 5.41. The Hall–Kier alpha value is -1.73. The first-order chi connectivity index (χ1) is 5.65. The first-order valence-electron chi connectivity index (χ1n) is 2.93. The quantitative estimate of drug-likeness (QED) is 0.397. The molecule has 0 spiro atoms. The third-order valence-electron chi connectivity index (χ3n) is 1.17. The number of carbonyl (C=O) groups excluding carboxylic acids is 1. The summed E-state index contributed by atoms with van der Waals surface area (Å²) < 4.78 is 0. The van der Waals surface area contributed by atoms with Crippen molar-refractivity contribution in [1.82, 2.24) is 4.98 Å². The molecule has 0 aliphatic rings. The van der Waals surface area contributed by atoms with Gasteiger partial charge in [0.15, 0.2) is 0 Å². The van der Waals surface area contributed by atoms with Crippen molar-refractivity contribution < 1.29 is 35.8 Å². The first-order valence-corrected chi connectivity index (χ1v) is 3.31. The molecule has 0 aliphatic heterocycles. The number of carboxylic acids is 1. The number of nitrogens with zero attached hydrogens (tertiary/aromatic N) is 1. The predicted octanol–water partition coefficient (Wildman–Crippen LogP) is 0.889. The van der Waals surface area contributed by atoms with Crippen LogP contribution in [-0.2, 0) is 25.9 Å². The van der Waals surface area contributed by atoms with Crippen LogP contribution in [0.25, 0.3) is 0 Å². The van der Waals surface area contributed by atoms with E-state index in [1.54, 1.807) is 0 Å². The molecule has 0 saturated carbocycles. The molecule has 0 amide bonds. The zero-order valence-electron chi connectivity index (χ0n) is 6.51. The van der Waals surface area contributed by atoms with Crippen LogP contribution in [0.15, 0.2) is 12.1 Å². The number of carbonyl (C=O) groups is 1. The molecule has 1 aromatic rings. The Bertz CT molecular complexity index is 348. The van der Waals surface area contributed by atoms with E-state index < -0.39 is 5.97 Å². The molecule has 0 unspecified atom stereocenters. The van der Waals surface area contributed by atoms with Crippen LogP contribution in [0.2, 0.25) is 5.15 Å². The van der Waals surface area contributed by atoms with Gasteiger partial charge in [-0.25, -0.2) is 0 Å². The summed E-state index contributed by atoms with van der Waals surface area (Å²) in [7, 11) is 0. The van der Waals surface area contributed by atoms with E-state index in [9.17, 15) is 9.59 Å². The van der Waals surface area contributed by atoms with Crippen LogP contribution in [0.4, 0.5) is 0 Å². The van der Waals surface area contributed by atoms with E-state index in [1.165, 1.54) is 18.4 Å². The van der Waals surface area contributed by atoms with Gasteiger partial charge in [-0.3, -0.25) is 9.78 Å². The minimum atomic E-state index is -1.30. The van der Waals surface area contributed by atoms with Crippen molar-refractivity contribution >= 4 is 23.9 Å². The summed E-state index contributed by atoms with van der Waals surface area (Å²) in [6.07, 6.45) is 1.45. The number of carboxylic acid groups (broad SMARTS) is 1. The van der Waals surface area contributed by atoms with Crippen molar-refractivity contribution in [1.29, 1.82) is 0 Å². The molecule has 76 valence electrons. The third kappa shape index (κ3) is 2.96. The summed E-state index contributed by atoms with van der Waals surface area (Å²) in [6.45, 7) is 0. The molecule has 0 aliphatic carbocycles. The van der Waals surface area contributed by atoms with E-state index in [1.807, 2.05) is 0 Å². The molecule has 0 aromatic carbocycles. The fraction of sp³-hybridized carbons (Fsp3) is 0. The number of halogens is 1.